The minimum atomic E-state index is -0.340. The van der Waals surface area contributed by atoms with E-state index in [9.17, 15) is 4.39 Å². The molecule has 0 amide bonds. The number of benzene rings is 1. The van der Waals surface area contributed by atoms with E-state index in [1.54, 1.807) is 12.1 Å². The highest BCUT2D eigenvalue weighted by atomic mass is 19.1. The largest absolute Gasteiger partial charge is 0.494 e. The monoisotopic (exact) mass is 212 g/mol. The van der Waals surface area contributed by atoms with Gasteiger partial charge in [0.05, 0.1) is 7.11 Å². The quantitative estimate of drug-likeness (QED) is 0.772. The highest BCUT2D eigenvalue weighted by molar-refractivity contribution is 5.30. The zero-order valence-corrected chi connectivity index (χ0v) is 9.09. The summed E-state index contributed by atoms with van der Waals surface area (Å²) in [6, 6.07) is 5.07. The van der Waals surface area contributed by atoms with Crippen molar-refractivity contribution in [1.82, 2.24) is 5.32 Å². The van der Waals surface area contributed by atoms with Crippen LogP contribution in [-0.4, -0.2) is 19.7 Å². The van der Waals surface area contributed by atoms with Crippen LogP contribution < -0.4 is 15.8 Å². The Morgan fingerprint density at radius 1 is 1.53 bits per heavy atom. The predicted molar refractivity (Wildman–Crippen MR) is 58.3 cm³/mol. The first-order valence-electron chi connectivity index (χ1n) is 4.93. The van der Waals surface area contributed by atoms with Gasteiger partial charge in [0.15, 0.2) is 11.6 Å². The van der Waals surface area contributed by atoms with Crippen LogP contribution >= 0.6 is 0 Å². The molecule has 3 N–H and O–H groups in total. The summed E-state index contributed by atoms with van der Waals surface area (Å²) in [5.41, 5.74) is 6.45. The molecular formula is C11H17FN2O. The van der Waals surface area contributed by atoms with Gasteiger partial charge in [-0.25, -0.2) is 4.39 Å². The first kappa shape index (κ1) is 11.9. The molecule has 0 aromatic heterocycles. The fourth-order valence-electron chi connectivity index (χ4n) is 1.19. The third-order valence-electron chi connectivity index (χ3n) is 2.22. The fraction of sp³-hybridized carbons (Fsp3) is 0.455. The van der Waals surface area contributed by atoms with E-state index in [2.05, 4.69) is 5.32 Å². The molecule has 1 atom stereocenters. The number of nitrogens with one attached hydrogen (secondary N) is 1. The van der Waals surface area contributed by atoms with E-state index in [1.807, 2.05) is 6.92 Å². The summed E-state index contributed by atoms with van der Waals surface area (Å²) in [7, 11) is 1.46. The van der Waals surface area contributed by atoms with E-state index in [0.717, 1.165) is 5.56 Å². The van der Waals surface area contributed by atoms with Crippen molar-refractivity contribution in [2.45, 2.75) is 19.5 Å². The number of ether oxygens (including phenoxy) is 1. The van der Waals surface area contributed by atoms with Crippen molar-refractivity contribution < 1.29 is 9.13 Å². The van der Waals surface area contributed by atoms with Crippen molar-refractivity contribution >= 4 is 0 Å². The number of hydrogen-bond acceptors (Lipinski definition) is 3. The molecule has 0 bridgehead atoms. The van der Waals surface area contributed by atoms with Gasteiger partial charge in [0.2, 0.25) is 0 Å². The summed E-state index contributed by atoms with van der Waals surface area (Å²) in [6.07, 6.45) is 0. The molecule has 1 rings (SSSR count). The predicted octanol–water partition coefficient (Wildman–Crippen LogP) is 1.27. The maximum Gasteiger partial charge on any atom is 0.165 e. The van der Waals surface area contributed by atoms with Gasteiger partial charge in [-0.05, 0) is 24.6 Å². The van der Waals surface area contributed by atoms with Gasteiger partial charge in [-0.1, -0.05) is 6.07 Å². The van der Waals surface area contributed by atoms with Crippen molar-refractivity contribution in [2.75, 3.05) is 13.7 Å². The van der Waals surface area contributed by atoms with Crippen LogP contribution in [0, 0.1) is 5.82 Å². The van der Waals surface area contributed by atoms with Crippen molar-refractivity contribution in [1.29, 1.82) is 0 Å². The van der Waals surface area contributed by atoms with E-state index in [1.165, 1.54) is 13.2 Å². The lowest BCUT2D eigenvalue weighted by molar-refractivity contribution is 0.385. The summed E-state index contributed by atoms with van der Waals surface area (Å²) in [4.78, 5) is 0. The van der Waals surface area contributed by atoms with E-state index < -0.39 is 0 Å². The van der Waals surface area contributed by atoms with Gasteiger partial charge in [-0.2, -0.15) is 0 Å². The second kappa shape index (κ2) is 5.68. The maximum atomic E-state index is 13.1. The molecule has 0 radical (unpaired) electrons. The Morgan fingerprint density at radius 2 is 2.27 bits per heavy atom. The molecule has 0 aliphatic heterocycles. The SMILES string of the molecule is COc1cc(CNC(C)CN)ccc1F. The molecule has 0 fully saturated rings. The summed E-state index contributed by atoms with van der Waals surface area (Å²) >= 11 is 0. The number of methoxy groups -OCH3 is 1. The Bertz CT molecular complexity index is 317. The third-order valence-corrected chi connectivity index (χ3v) is 2.22. The molecule has 0 saturated carbocycles. The zero-order chi connectivity index (χ0) is 11.3. The Hall–Kier alpha value is -1.13. The summed E-state index contributed by atoms with van der Waals surface area (Å²) in [6.45, 7) is 3.24. The molecule has 0 aliphatic rings. The van der Waals surface area contributed by atoms with Crippen LogP contribution in [-0.2, 0) is 6.54 Å². The van der Waals surface area contributed by atoms with Crippen molar-refractivity contribution in [3.63, 3.8) is 0 Å². The second-order valence-electron chi connectivity index (χ2n) is 3.49. The van der Waals surface area contributed by atoms with Crippen LogP contribution in [0.25, 0.3) is 0 Å². The molecule has 1 aromatic rings. The molecule has 4 heteroatoms. The zero-order valence-electron chi connectivity index (χ0n) is 9.09. The minimum absolute atomic E-state index is 0.251. The van der Waals surface area contributed by atoms with E-state index in [-0.39, 0.29) is 17.6 Å². The first-order chi connectivity index (χ1) is 7.17. The molecule has 1 aromatic carbocycles. The van der Waals surface area contributed by atoms with Gasteiger partial charge in [-0.3, -0.25) is 0 Å². The smallest absolute Gasteiger partial charge is 0.165 e. The molecule has 0 spiro atoms. The standard InChI is InChI=1S/C11H17FN2O/c1-8(6-13)14-7-9-3-4-10(12)11(5-9)15-2/h3-5,8,14H,6-7,13H2,1-2H3. The number of hydrogen-bond donors (Lipinski definition) is 2. The van der Waals surface area contributed by atoms with E-state index >= 15 is 0 Å². The summed E-state index contributed by atoms with van der Waals surface area (Å²) in [5.74, 6) is -0.0668. The van der Waals surface area contributed by atoms with Crippen molar-refractivity contribution in [3.05, 3.63) is 29.6 Å². The van der Waals surface area contributed by atoms with Crippen LogP contribution in [0.5, 0.6) is 5.75 Å². The highest BCUT2D eigenvalue weighted by Gasteiger charge is 2.04. The van der Waals surface area contributed by atoms with Crippen LogP contribution in [0.1, 0.15) is 12.5 Å². The fourth-order valence-corrected chi connectivity index (χ4v) is 1.19. The normalized spacial score (nSPS) is 12.5. The number of rotatable bonds is 5. The molecule has 1 unspecified atom stereocenters. The van der Waals surface area contributed by atoms with Crippen LogP contribution in [0.4, 0.5) is 4.39 Å². The Labute approximate surface area is 89.4 Å². The maximum absolute atomic E-state index is 13.1. The lowest BCUT2D eigenvalue weighted by atomic mass is 10.2. The molecular weight excluding hydrogens is 195 g/mol. The van der Waals surface area contributed by atoms with Crippen LogP contribution in [0.2, 0.25) is 0 Å². The molecule has 15 heavy (non-hydrogen) atoms. The molecule has 0 aliphatic carbocycles. The third kappa shape index (κ3) is 3.49. The average Bonchev–Trinajstić information content (AvgIpc) is 2.27. The number of halogens is 1. The molecule has 0 heterocycles. The van der Waals surface area contributed by atoms with E-state index in [0.29, 0.717) is 13.1 Å². The molecule has 0 saturated heterocycles. The van der Waals surface area contributed by atoms with Gasteiger partial charge in [-0.15, -0.1) is 0 Å². The van der Waals surface area contributed by atoms with Crippen molar-refractivity contribution in [2.24, 2.45) is 5.73 Å². The van der Waals surface area contributed by atoms with Gasteiger partial charge in [0.1, 0.15) is 0 Å². The lowest BCUT2D eigenvalue weighted by Gasteiger charge is -2.11. The highest BCUT2D eigenvalue weighted by Crippen LogP contribution is 2.17. The van der Waals surface area contributed by atoms with Crippen LogP contribution in [0.15, 0.2) is 18.2 Å². The first-order valence-corrected chi connectivity index (χ1v) is 4.93. The Morgan fingerprint density at radius 3 is 2.87 bits per heavy atom. The molecule has 3 nitrogen and oxygen atoms in total. The number of nitrogens with two attached hydrogens (primary N) is 1. The Balaban J connectivity index is 2.62. The topological polar surface area (TPSA) is 47.3 Å². The Kier molecular flexibility index (Phi) is 4.52. The molecule has 84 valence electrons. The average molecular weight is 212 g/mol. The second-order valence-corrected chi connectivity index (χ2v) is 3.49. The lowest BCUT2D eigenvalue weighted by Crippen LogP contribution is -2.32. The van der Waals surface area contributed by atoms with Gasteiger partial charge >= 0.3 is 0 Å². The van der Waals surface area contributed by atoms with Gasteiger partial charge < -0.3 is 15.8 Å². The van der Waals surface area contributed by atoms with E-state index in [4.69, 9.17) is 10.5 Å². The van der Waals surface area contributed by atoms with Gasteiger partial charge in [0, 0.05) is 19.1 Å². The summed E-state index contributed by atoms with van der Waals surface area (Å²) in [5, 5.41) is 3.22. The van der Waals surface area contributed by atoms with Crippen LogP contribution in [0.3, 0.4) is 0 Å². The summed E-state index contributed by atoms with van der Waals surface area (Å²) < 4.78 is 18.0. The van der Waals surface area contributed by atoms with Gasteiger partial charge in [0.25, 0.3) is 0 Å². The van der Waals surface area contributed by atoms with Crippen molar-refractivity contribution in [3.8, 4) is 5.75 Å². The minimum Gasteiger partial charge on any atom is -0.494 e.